The highest BCUT2D eigenvalue weighted by Crippen LogP contribution is 2.35. The highest BCUT2D eigenvalue weighted by atomic mass is 16.6. The molecule has 0 radical (unpaired) electrons. The lowest BCUT2D eigenvalue weighted by Gasteiger charge is -2.27. The van der Waals surface area contributed by atoms with Crippen molar-refractivity contribution in [1.82, 2.24) is 5.32 Å². The molecule has 2 aromatic carbocycles. The minimum atomic E-state index is -0.272. The lowest BCUT2D eigenvalue weighted by molar-refractivity contribution is 0.0919. The Bertz CT molecular complexity index is 1000. The number of ether oxygens (including phenoxy) is 2. The SMILES string of the molecule is Cc1c(C(=O)NCC(C)(C)c2ccc3c(c2)OCCO3)oc2ccccc12. The van der Waals surface area contributed by atoms with Crippen molar-refractivity contribution >= 4 is 16.9 Å². The van der Waals surface area contributed by atoms with Crippen molar-refractivity contribution < 1.29 is 18.7 Å². The Kier molecular flexibility index (Phi) is 4.30. The van der Waals surface area contributed by atoms with E-state index in [0.29, 0.717) is 25.5 Å². The maximum atomic E-state index is 12.7. The summed E-state index contributed by atoms with van der Waals surface area (Å²) in [5.41, 5.74) is 2.39. The number of para-hydroxylation sites is 1. The van der Waals surface area contributed by atoms with Gasteiger partial charge in [-0.3, -0.25) is 4.79 Å². The summed E-state index contributed by atoms with van der Waals surface area (Å²) in [7, 11) is 0. The monoisotopic (exact) mass is 365 g/mol. The summed E-state index contributed by atoms with van der Waals surface area (Å²) in [6.45, 7) is 7.69. The van der Waals surface area contributed by atoms with E-state index in [1.165, 1.54) is 0 Å². The van der Waals surface area contributed by atoms with Crippen LogP contribution < -0.4 is 14.8 Å². The van der Waals surface area contributed by atoms with Crippen LogP contribution in [0.15, 0.2) is 46.9 Å². The van der Waals surface area contributed by atoms with E-state index in [-0.39, 0.29) is 11.3 Å². The predicted octanol–water partition coefficient (Wildman–Crippen LogP) is 4.22. The van der Waals surface area contributed by atoms with E-state index in [2.05, 4.69) is 19.2 Å². The van der Waals surface area contributed by atoms with Crippen LogP contribution in [0.2, 0.25) is 0 Å². The fourth-order valence-electron chi connectivity index (χ4n) is 3.34. The molecule has 0 aliphatic carbocycles. The third kappa shape index (κ3) is 3.25. The molecule has 1 amide bonds. The highest BCUT2D eigenvalue weighted by molar-refractivity contribution is 5.98. The number of furan rings is 1. The smallest absolute Gasteiger partial charge is 0.287 e. The first-order valence-electron chi connectivity index (χ1n) is 9.12. The Labute approximate surface area is 158 Å². The van der Waals surface area contributed by atoms with Crippen molar-refractivity contribution in [2.24, 2.45) is 0 Å². The van der Waals surface area contributed by atoms with Gasteiger partial charge in [-0.05, 0) is 30.7 Å². The molecule has 0 saturated carbocycles. The number of nitrogens with one attached hydrogen (secondary N) is 1. The van der Waals surface area contributed by atoms with Crippen LogP contribution in [0.1, 0.15) is 35.5 Å². The molecule has 5 nitrogen and oxygen atoms in total. The average Bonchev–Trinajstić information content (AvgIpc) is 3.03. The largest absolute Gasteiger partial charge is 0.486 e. The molecule has 4 rings (SSSR count). The van der Waals surface area contributed by atoms with Crippen LogP contribution >= 0.6 is 0 Å². The number of amides is 1. The number of hydrogen-bond acceptors (Lipinski definition) is 4. The summed E-state index contributed by atoms with van der Waals surface area (Å²) in [5.74, 6) is 1.69. The van der Waals surface area contributed by atoms with Gasteiger partial charge in [-0.25, -0.2) is 0 Å². The molecule has 27 heavy (non-hydrogen) atoms. The van der Waals surface area contributed by atoms with Gasteiger partial charge in [0.2, 0.25) is 0 Å². The lowest BCUT2D eigenvalue weighted by atomic mass is 9.84. The number of aryl methyl sites for hydroxylation is 1. The molecular weight excluding hydrogens is 342 g/mol. The summed E-state index contributed by atoms with van der Waals surface area (Å²) < 4.78 is 17.0. The maximum Gasteiger partial charge on any atom is 0.287 e. The van der Waals surface area contributed by atoms with Crippen LogP contribution in [0.5, 0.6) is 11.5 Å². The topological polar surface area (TPSA) is 60.7 Å². The Balaban J connectivity index is 1.51. The van der Waals surface area contributed by atoms with Gasteiger partial charge in [-0.1, -0.05) is 38.1 Å². The van der Waals surface area contributed by atoms with Crippen LogP contribution in [0, 0.1) is 6.92 Å². The summed E-state index contributed by atoms with van der Waals surface area (Å²) >= 11 is 0. The molecule has 1 aliphatic heterocycles. The number of hydrogen-bond donors (Lipinski definition) is 1. The standard InChI is InChI=1S/C22H23NO4/c1-14-16-6-4-5-7-17(16)27-20(14)21(24)23-13-22(2,3)15-8-9-18-19(12-15)26-11-10-25-18/h4-9,12H,10-11,13H2,1-3H3,(H,23,24). The van der Waals surface area contributed by atoms with Crippen LogP contribution in [0.25, 0.3) is 11.0 Å². The molecule has 0 atom stereocenters. The second-order valence-corrected chi connectivity index (χ2v) is 7.48. The quantitative estimate of drug-likeness (QED) is 0.752. The van der Waals surface area contributed by atoms with Crippen molar-refractivity contribution in [1.29, 1.82) is 0 Å². The molecular formula is C22H23NO4. The van der Waals surface area contributed by atoms with Crippen LogP contribution in [-0.2, 0) is 5.41 Å². The van der Waals surface area contributed by atoms with E-state index in [1.807, 2.05) is 49.4 Å². The second-order valence-electron chi connectivity index (χ2n) is 7.48. The minimum Gasteiger partial charge on any atom is -0.486 e. The third-order valence-corrected chi connectivity index (χ3v) is 5.06. The molecule has 0 bridgehead atoms. The summed E-state index contributed by atoms with van der Waals surface area (Å²) in [5, 5.41) is 3.98. The van der Waals surface area contributed by atoms with Gasteiger partial charge in [0.05, 0.1) is 0 Å². The number of carbonyl (C=O) groups is 1. The summed E-state index contributed by atoms with van der Waals surface area (Å²) in [6.07, 6.45) is 0. The van der Waals surface area contributed by atoms with Gasteiger partial charge < -0.3 is 19.2 Å². The zero-order valence-corrected chi connectivity index (χ0v) is 15.8. The second kappa shape index (κ2) is 6.65. The van der Waals surface area contributed by atoms with E-state index < -0.39 is 0 Å². The Hall–Kier alpha value is -2.95. The molecule has 0 spiro atoms. The van der Waals surface area contributed by atoms with E-state index in [1.54, 1.807) is 0 Å². The van der Waals surface area contributed by atoms with Crippen molar-refractivity contribution in [2.45, 2.75) is 26.2 Å². The molecule has 1 aromatic heterocycles. The van der Waals surface area contributed by atoms with Gasteiger partial charge in [0.1, 0.15) is 18.8 Å². The number of benzene rings is 2. The molecule has 0 unspecified atom stereocenters. The fourth-order valence-corrected chi connectivity index (χ4v) is 3.34. The number of fused-ring (bicyclic) bond motifs is 2. The predicted molar refractivity (Wildman–Crippen MR) is 104 cm³/mol. The van der Waals surface area contributed by atoms with E-state index in [4.69, 9.17) is 13.9 Å². The third-order valence-electron chi connectivity index (χ3n) is 5.06. The molecule has 5 heteroatoms. The zero-order chi connectivity index (χ0) is 19.0. The molecule has 1 N–H and O–H groups in total. The van der Waals surface area contributed by atoms with Gasteiger partial charge in [-0.2, -0.15) is 0 Å². The fraction of sp³-hybridized carbons (Fsp3) is 0.318. The Morgan fingerprint density at radius 2 is 1.81 bits per heavy atom. The maximum absolute atomic E-state index is 12.7. The Morgan fingerprint density at radius 3 is 2.59 bits per heavy atom. The first-order valence-corrected chi connectivity index (χ1v) is 9.12. The first-order chi connectivity index (χ1) is 13.0. The van der Waals surface area contributed by atoms with Crippen molar-refractivity contribution in [2.75, 3.05) is 19.8 Å². The summed E-state index contributed by atoms with van der Waals surface area (Å²) in [6, 6.07) is 13.6. The van der Waals surface area contributed by atoms with Gasteiger partial charge in [-0.15, -0.1) is 0 Å². The molecule has 2 heterocycles. The summed E-state index contributed by atoms with van der Waals surface area (Å²) in [4.78, 5) is 12.7. The normalized spacial score (nSPS) is 13.6. The van der Waals surface area contributed by atoms with Crippen molar-refractivity contribution in [3.05, 3.63) is 59.4 Å². The molecule has 0 fully saturated rings. The zero-order valence-electron chi connectivity index (χ0n) is 15.8. The van der Waals surface area contributed by atoms with E-state index >= 15 is 0 Å². The molecule has 1 aliphatic rings. The van der Waals surface area contributed by atoms with E-state index in [9.17, 15) is 4.79 Å². The van der Waals surface area contributed by atoms with Gasteiger partial charge in [0.15, 0.2) is 17.3 Å². The molecule has 3 aromatic rings. The van der Waals surface area contributed by atoms with Crippen LogP contribution in [0.3, 0.4) is 0 Å². The Morgan fingerprint density at radius 1 is 1.07 bits per heavy atom. The minimum absolute atomic E-state index is 0.200. The highest BCUT2D eigenvalue weighted by Gasteiger charge is 2.26. The average molecular weight is 365 g/mol. The molecule has 0 saturated heterocycles. The van der Waals surface area contributed by atoms with Crippen LogP contribution in [-0.4, -0.2) is 25.7 Å². The molecule has 140 valence electrons. The van der Waals surface area contributed by atoms with Crippen molar-refractivity contribution in [3.63, 3.8) is 0 Å². The van der Waals surface area contributed by atoms with Gasteiger partial charge >= 0.3 is 0 Å². The first kappa shape index (κ1) is 17.5. The lowest BCUT2D eigenvalue weighted by Crippen LogP contribution is -2.36. The van der Waals surface area contributed by atoms with Crippen LogP contribution in [0.4, 0.5) is 0 Å². The van der Waals surface area contributed by atoms with Crippen molar-refractivity contribution in [3.8, 4) is 11.5 Å². The van der Waals surface area contributed by atoms with E-state index in [0.717, 1.165) is 33.6 Å². The van der Waals surface area contributed by atoms with Gasteiger partial charge in [0, 0.05) is 22.9 Å². The van der Waals surface area contributed by atoms with Gasteiger partial charge in [0.25, 0.3) is 5.91 Å². The number of rotatable bonds is 4. The number of carbonyl (C=O) groups excluding carboxylic acids is 1.